The molecule has 0 aromatic heterocycles. The van der Waals surface area contributed by atoms with Crippen molar-refractivity contribution in [3.8, 4) is 11.5 Å². The highest BCUT2D eigenvalue weighted by Gasteiger charge is 2.42. The third kappa shape index (κ3) is 8.20. The van der Waals surface area contributed by atoms with Gasteiger partial charge in [-0.3, -0.25) is 4.79 Å². The van der Waals surface area contributed by atoms with E-state index >= 15 is 0 Å². The SMILES string of the molecule is CC(C)(C)C1=C(c2ccc(/C(=N/O)c3ccccc3)c(O)c2)OCC1(C)C.CC(C)(C)C1=C(c2ccc(C(=O)c3ccccc3)c(O)c2)OCC1(C)C. The molecule has 7 nitrogen and oxygen atoms in total. The molecule has 2 aliphatic heterocycles. The zero-order chi connectivity index (χ0) is 38.9. The number of aromatic hydroxyl groups is 2. The second-order valence-electron chi connectivity index (χ2n) is 17.2. The molecule has 0 aliphatic carbocycles. The Kier molecular flexibility index (Phi) is 10.7. The second-order valence-corrected chi connectivity index (χ2v) is 17.2. The first kappa shape index (κ1) is 38.9. The van der Waals surface area contributed by atoms with E-state index in [1.54, 1.807) is 36.4 Å². The van der Waals surface area contributed by atoms with Gasteiger partial charge in [-0.05, 0) is 46.2 Å². The normalized spacial score (nSPS) is 16.8. The van der Waals surface area contributed by atoms with Crippen molar-refractivity contribution >= 4 is 23.0 Å². The lowest BCUT2D eigenvalue weighted by Gasteiger charge is -2.31. The Morgan fingerprint density at radius 3 is 1.38 bits per heavy atom. The van der Waals surface area contributed by atoms with E-state index in [2.05, 4.69) is 74.4 Å². The molecule has 0 bridgehead atoms. The van der Waals surface area contributed by atoms with Crippen LogP contribution in [0.5, 0.6) is 11.5 Å². The summed E-state index contributed by atoms with van der Waals surface area (Å²) in [6, 6.07) is 28.8. The van der Waals surface area contributed by atoms with Crippen LogP contribution in [0.15, 0.2) is 113 Å². The van der Waals surface area contributed by atoms with Gasteiger partial charge in [0.1, 0.15) is 28.7 Å². The molecular formula is C46H53NO6. The van der Waals surface area contributed by atoms with E-state index in [-0.39, 0.29) is 38.9 Å². The summed E-state index contributed by atoms with van der Waals surface area (Å²) in [4.78, 5) is 12.6. The number of hydrogen-bond acceptors (Lipinski definition) is 7. The van der Waals surface area contributed by atoms with Gasteiger partial charge in [0.25, 0.3) is 0 Å². The van der Waals surface area contributed by atoms with Crippen molar-refractivity contribution in [2.75, 3.05) is 13.2 Å². The molecule has 6 rings (SSSR count). The van der Waals surface area contributed by atoms with E-state index in [4.69, 9.17) is 9.47 Å². The summed E-state index contributed by atoms with van der Waals surface area (Å²) < 4.78 is 12.1. The van der Waals surface area contributed by atoms with E-state index < -0.39 is 0 Å². The Labute approximate surface area is 314 Å². The minimum absolute atomic E-state index is 0.0228. The van der Waals surface area contributed by atoms with Crippen LogP contribution in [0.4, 0.5) is 0 Å². The van der Waals surface area contributed by atoms with Gasteiger partial charge in [-0.15, -0.1) is 0 Å². The molecule has 4 aromatic carbocycles. The van der Waals surface area contributed by atoms with Crippen LogP contribution < -0.4 is 0 Å². The average molecular weight is 716 g/mol. The largest absolute Gasteiger partial charge is 0.507 e. The summed E-state index contributed by atoms with van der Waals surface area (Å²) in [7, 11) is 0. The summed E-state index contributed by atoms with van der Waals surface area (Å²) in [6.07, 6.45) is 0. The van der Waals surface area contributed by atoms with E-state index in [1.807, 2.05) is 60.7 Å². The summed E-state index contributed by atoms with van der Waals surface area (Å²) in [5, 5.41) is 34.1. The monoisotopic (exact) mass is 715 g/mol. The minimum atomic E-state index is -0.188. The molecule has 2 heterocycles. The van der Waals surface area contributed by atoms with E-state index in [0.29, 0.717) is 35.6 Å². The quantitative estimate of drug-likeness (QED) is 0.0794. The van der Waals surface area contributed by atoms with Crippen molar-refractivity contribution in [3.05, 3.63) is 142 Å². The zero-order valence-electron chi connectivity index (χ0n) is 32.7. The van der Waals surface area contributed by atoms with Crippen LogP contribution in [0.3, 0.4) is 0 Å². The van der Waals surface area contributed by atoms with Gasteiger partial charge >= 0.3 is 0 Å². The number of phenols is 2. The number of carbonyl (C=O) groups is 1. The number of benzene rings is 4. The fourth-order valence-corrected chi connectivity index (χ4v) is 7.92. The van der Waals surface area contributed by atoms with Crippen LogP contribution in [-0.2, 0) is 9.47 Å². The summed E-state index contributed by atoms with van der Waals surface area (Å²) in [5.41, 5.74) is 6.27. The molecule has 53 heavy (non-hydrogen) atoms. The first-order chi connectivity index (χ1) is 24.8. The Morgan fingerprint density at radius 1 is 0.604 bits per heavy atom. The highest BCUT2D eigenvalue weighted by Crippen LogP contribution is 2.51. The molecule has 0 amide bonds. The van der Waals surface area contributed by atoms with Gasteiger partial charge < -0.3 is 24.9 Å². The second kappa shape index (κ2) is 14.6. The highest BCUT2D eigenvalue weighted by molar-refractivity contribution is 6.14. The molecule has 2 aliphatic rings. The van der Waals surface area contributed by atoms with Gasteiger partial charge in [-0.2, -0.15) is 0 Å². The third-order valence-electron chi connectivity index (χ3n) is 9.67. The number of phenolic OH excluding ortho intramolecular Hbond substituents is 2. The topological polar surface area (TPSA) is 109 Å². The van der Waals surface area contributed by atoms with Gasteiger partial charge in [0.15, 0.2) is 5.78 Å². The number of carbonyl (C=O) groups excluding carboxylic acids is 1. The van der Waals surface area contributed by atoms with Crippen molar-refractivity contribution in [3.63, 3.8) is 0 Å². The molecule has 0 saturated heterocycles. The Hall–Kier alpha value is -5.30. The lowest BCUT2D eigenvalue weighted by Crippen LogP contribution is -2.24. The van der Waals surface area contributed by atoms with Crippen LogP contribution in [0.25, 0.3) is 11.5 Å². The Balaban J connectivity index is 0.000000204. The minimum Gasteiger partial charge on any atom is -0.507 e. The number of ketones is 1. The molecule has 278 valence electrons. The molecule has 7 heteroatoms. The zero-order valence-corrected chi connectivity index (χ0v) is 32.7. The van der Waals surface area contributed by atoms with Crippen LogP contribution in [-0.4, -0.2) is 40.1 Å². The van der Waals surface area contributed by atoms with Gasteiger partial charge in [-0.1, -0.05) is 147 Å². The maximum Gasteiger partial charge on any atom is 0.196 e. The average Bonchev–Trinajstić information content (AvgIpc) is 3.61. The van der Waals surface area contributed by atoms with E-state index in [0.717, 1.165) is 28.2 Å². The predicted octanol–water partition coefficient (Wildman–Crippen LogP) is 10.9. The smallest absolute Gasteiger partial charge is 0.196 e. The highest BCUT2D eigenvalue weighted by atomic mass is 16.5. The first-order valence-electron chi connectivity index (χ1n) is 18.1. The number of rotatable bonds is 6. The van der Waals surface area contributed by atoms with Crippen LogP contribution >= 0.6 is 0 Å². The molecule has 0 fully saturated rings. The number of nitrogens with zero attached hydrogens (tertiary/aromatic N) is 1. The fraction of sp³-hybridized carbons (Fsp3) is 0.348. The maximum atomic E-state index is 12.6. The lowest BCUT2D eigenvalue weighted by atomic mass is 9.71. The number of oxime groups is 1. The number of hydrogen-bond donors (Lipinski definition) is 3. The standard InChI is InChI=1S/C23H27NO3.C23H26O3/c1-22(2,3)21-20(27-14-23(21,4)5)16-11-12-17(18(25)13-16)19(24-26)15-9-7-6-8-10-15;1-22(2,3)21-20(26-14-23(21,4)5)16-11-12-17(18(24)13-16)19(25)15-9-7-6-8-10-15/h6-13,25-26H,14H2,1-5H3;6-13,24H,14H2,1-5H3/b24-19+;. The number of ether oxygens (including phenoxy) is 2. The molecule has 0 radical (unpaired) electrons. The predicted molar refractivity (Wildman–Crippen MR) is 212 cm³/mol. The van der Waals surface area contributed by atoms with Gasteiger partial charge in [0.05, 0.1) is 18.8 Å². The van der Waals surface area contributed by atoms with Crippen molar-refractivity contribution in [2.24, 2.45) is 26.8 Å². The summed E-state index contributed by atoms with van der Waals surface area (Å²) >= 11 is 0. The van der Waals surface area contributed by atoms with Crippen LogP contribution in [0, 0.1) is 21.7 Å². The third-order valence-corrected chi connectivity index (χ3v) is 9.67. The Bertz CT molecular complexity index is 2070. The molecule has 0 saturated carbocycles. The van der Waals surface area contributed by atoms with Gasteiger partial charge in [0.2, 0.25) is 0 Å². The molecular weight excluding hydrogens is 663 g/mol. The van der Waals surface area contributed by atoms with E-state index in [1.165, 1.54) is 11.1 Å². The first-order valence-corrected chi connectivity index (χ1v) is 18.1. The van der Waals surface area contributed by atoms with E-state index in [9.17, 15) is 20.2 Å². The Morgan fingerprint density at radius 2 is 1.00 bits per heavy atom. The van der Waals surface area contributed by atoms with Crippen molar-refractivity contribution in [1.82, 2.24) is 0 Å². The van der Waals surface area contributed by atoms with Crippen molar-refractivity contribution in [1.29, 1.82) is 0 Å². The van der Waals surface area contributed by atoms with Crippen LogP contribution in [0.1, 0.15) is 107 Å². The molecule has 3 N–H and O–H groups in total. The molecule has 0 atom stereocenters. The maximum absolute atomic E-state index is 12.6. The van der Waals surface area contributed by atoms with Crippen molar-refractivity contribution in [2.45, 2.75) is 69.2 Å². The summed E-state index contributed by atoms with van der Waals surface area (Å²) in [5.74, 6) is 1.49. The van der Waals surface area contributed by atoms with Crippen LogP contribution in [0.2, 0.25) is 0 Å². The fourth-order valence-electron chi connectivity index (χ4n) is 7.92. The molecule has 0 unspecified atom stereocenters. The van der Waals surface area contributed by atoms with Gasteiger partial charge in [0, 0.05) is 38.6 Å². The van der Waals surface area contributed by atoms with Crippen molar-refractivity contribution < 1.29 is 29.7 Å². The summed E-state index contributed by atoms with van der Waals surface area (Å²) in [6.45, 7) is 23.0. The molecule has 4 aromatic rings. The molecule has 0 spiro atoms. The van der Waals surface area contributed by atoms with Gasteiger partial charge in [-0.25, -0.2) is 0 Å². The lowest BCUT2D eigenvalue weighted by molar-refractivity contribution is 0.103.